The quantitative estimate of drug-likeness (QED) is 0.557. The SMILES string of the molecule is CC(C)(C)C(=O)SCc1c2ccccc2cc2ccccc12. The average molecular weight is 308 g/mol. The number of carbonyl (C=O) groups excluding carboxylic acids is 1. The number of benzene rings is 3. The van der Waals surface area contributed by atoms with Gasteiger partial charge in [0.1, 0.15) is 0 Å². The number of thioether (sulfide) groups is 1. The summed E-state index contributed by atoms with van der Waals surface area (Å²) >= 11 is 1.43. The lowest BCUT2D eigenvalue weighted by atomic mass is 9.98. The van der Waals surface area contributed by atoms with Crippen molar-refractivity contribution < 1.29 is 4.79 Å². The van der Waals surface area contributed by atoms with Gasteiger partial charge in [-0.25, -0.2) is 0 Å². The molecule has 3 aromatic rings. The number of fused-ring (bicyclic) bond motifs is 2. The minimum atomic E-state index is -0.301. The van der Waals surface area contributed by atoms with Crippen LogP contribution in [0.3, 0.4) is 0 Å². The van der Waals surface area contributed by atoms with Crippen LogP contribution < -0.4 is 0 Å². The molecule has 2 heteroatoms. The summed E-state index contributed by atoms with van der Waals surface area (Å²) in [6.45, 7) is 5.93. The largest absolute Gasteiger partial charge is 0.287 e. The van der Waals surface area contributed by atoms with Crippen LogP contribution in [0.5, 0.6) is 0 Å². The van der Waals surface area contributed by atoms with E-state index in [0.29, 0.717) is 0 Å². The van der Waals surface area contributed by atoms with Crippen molar-refractivity contribution in [3.05, 3.63) is 60.2 Å². The molecule has 22 heavy (non-hydrogen) atoms. The molecule has 0 bridgehead atoms. The van der Waals surface area contributed by atoms with Gasteiger partial charge in [0.25, 0.3) is 0 Å². The average Bonchev–Trinajstić information content (AvgIpc) is 2.50. The summed E-state index contributed by atoms with van der Waals surface area (Å²) in [6.07, 6.45) is 0. The van der Waals surface area contributed by atoms with E-state index in [4.69, 9.17) is 0 Å². The topological polar surface area (TPSA) is 17.1 Å². The maximum atomic E-state index is 12.3. The van der Waals surface area contributed by atoms with E-state index in [1.807, 2.05) is 20.8 Å². The van der Waals surface area contributed by atoms with Gasteiger partial charge in [0, 0.05) is 11.2 Å². The fraction of sp³-hybridized carbons (Fsp3) is 0.250. The first-order valence-electron chi connectivity index (χ1n) is 7.53. The van der Waals surface area contributed by atoms with Crippen molar-refractivity contribution >= 4 is 38.4 Å². The first-order valence-corrected chi connectivity index (χ1v) is 8.52. The fourth-order valence-corrected chi connectivity index (χ4v) is 3.64. The van der Waals surface area contributed by atoms with Crippen LogP contribution >= 0.6 is 11.8 Å². The molecule has 0 unspecified atom stereocenters. The third-order valence-corrected chi connectivity index (χ3v) is 5.15. The van der Waals surface area contributed by atoms with Crippen LogP contribution in [0.2, 0.25) is 0 Å². The molecule has 0 aromatic heterocycles. The maximum Gasteiger partial charge on any atom is 0.194 e. The third-order valence-electron chi connectivity index (χ3n) is 3.84. The molecule has 0 heterocycles. The molecule has 0 radical (unpaired) electrons. The molecule has 0 atom stereocenters. The third kappa shape index (κ3) is 2.89. The van der Waals surface area contributed by atoms with Crippen molar-refractivity contribution in [1.82, 2.24) is 0 Å². The summed E-state index contributed by atoms with van der Waals surface area (Å²) in [6, 6.07) is 19.1. The Bertz CT molecular complexity index is 789. The van der Waals surface area contributed by atoms with Crippen molar-refractivity contribution in [1.29, 1.82) is 0 Å². The van der Waals surface area contributed by atoms with E-state index in [1.165, 1.54) is 38.9 Å². The summed E-state index contributed by atoms with van der Waals surface area (Å²) in [7, 11) is 0. The monoisotopic (exact) mass is 308 g/mol. The molecule has 3 aromatic carbocycles. The van der Waals surface area contributed by atoms with Crippen LogP contribution in [0.25, 0.3) is 21.5 Å². The second-order valence-corrected chi connectivity index (χ2v) is 7.57. The molecule has 0 aliphatic heterocycles. The molecule has 0 spiro atoms. The lowest BCUT2D eigenvalue weighted by Crippen LogP contribution is -2.16. The van der Waals surface area contributed by atoms with Gasteiger partial charge in [0.2, 0.25) is 0 Å². The molecule has 0 fully saturated rings. The van der Waals surface area contributed by atoms with Gasteiger partial charge in [-0.15, -0.1) is 0 Å². The van der Waals surface area contributed by atoms with Gasteiger partial charge in [-0.1, -0.05) is 81.1 Å². The molecule has 0 saturated carbocycles. The van der Waals surface area contributed by atoms with Gasteiger partial charge < -0.3 is 0 Å². The molecular weight excluding hydrogens is 288 g/mol. The van der Waals surface area contributed by atoms with E-state index >= 15 is 0 Å². The van der Waals surface area contributed by atoms with Crippen LogP contribution in [0.1, 0.15) is 26.3 Å². The molecule has 0 amide bonds. The zero-order chi connectivity index (χ0) is 15.7. The zero-order valence-electron chi connectivity index (χ0n) is 13.2. The van der Waals surface area contributed by atoms with Crippen molar-refractivity contribution in [3.63, 3.8) is 0 Å². The van der Waals surface area contributed by atoms with Crippen LogP contribution in [0.15, 0.2) is 54.6 Å². The molecule has 0 aliphatic rings. The molecule has 112 valence electrons. The van der Waals surface area contributed by atoms with Gasteiger partial charge in [-0.3, -0.25) is 4.79 Å². The summed E-state index contributed by atoms with van der Waals surface area (Å²) in [5.41, 5.74) is 0.960. The van der Waals surface area contributed by atoms with E-state index in [-0.39, 0.29) is 10.5 Å². The summed E-state index contributed by atoms with van der Waals surface area (Å²) in [5, 5.41) is 5.20. The van der Waals surface area contributed by atoms with E-state index in [0.717, 1.165) is 5.75 Å². The molecular formula is C20H20OS. The minimum Gasteiger partial charge on any atom is -0.287 e. The summed E-state index contributed by atoms with van der Waals surface area (Å²) < 4.78 is 0. The first-order chi connectivity index (χ1) is 10.5. The van der Waals surface area contributed by atoms with Crippen LogP contribution in [-0.2, 0) is 10.5 Å². The number of hydrogen-bond acceptors (Lipinski definition) is 2. The zero-order valence-corrected chi connectivity index (χ0v) is 14.0. The molecule has 0 saturated heterocycles. The Kier molecular flexibility index (Phi) is 3.96. The van der Waals surface area contributed by atoms with Gasteiger partial charge in [-0.05, 0) is 33.2 Å². The highest BCUT2D eigenvalue weighted by molar-refractivity contribution is 8.13. The predicted molar refractivity (Wildman–Crippen MR) is 97.2 cm³/mol. The highest BCUT2D eigenvalue weighted by Gasteiger charge is 2.22. The Hall–Kier alpha value is -1.80. The second kappa shape index (κ2) is 5.77. The second-order valence-electron chi connectivity index (χ2n) is 6.62. The Balaban J connectivity index is 2.10. The summed E-state index contributed by atoms with van der Waals surface area (Å²) in [5.74, 6) is 0.720. The Morgan fingerprint density at radius 1 is 0.909 bits per heavy atom. The lowest BCUT2D eigenvalue weighted by Gasteiger charge is -2.17. The fourth-order valence-electron chi connectivity index (χ4n) is 2.62. The molecule has 0 aliphatic carbocycles. The standard InChI is InChI=1S/C20H20OS/c1-20(2,3)19(21)22-13-18-16-10-6-4-8-14(16)12-15-9-5-7-11-17(15)18/h4-12H,13H2,1-3H3. The molecule has 3 rings (SSSR count). The van der Waals surface area contributed by atoms with Gasteiger partial charge in [0.05, 0.1) is 0 Å². The van der Waals surface area contributed by atoms with E-state index in [2.05, 4.69) is 54.6 Å². The number of hydrogen-bond donors (Lipinski definition) is 0. The van der Waals surface area contributed by atoms with Gasteiger partial charge in [-0.2, -0.15) is 0 Å². The van der Waals surface area contributed by atoms with Crippen molar-refractivity contribution in [2.45, 2.75) is 26.5 Å². The minimum absolute atomic E-state index is 0.240. The number of carbonyl (C=O) groups is 1. The Labute approximate surface area is 135 Å². The van der Waals surface area contributed by atoms with Crippen molar-refractivity contribution in [2.75, 3.05) is 0 Å². The Morgan fingerprint density at radius 3 is 1.91 bits per heavy atom. The van der Waals surface area contributed by atoms with Crippen LogP contribution in [0.4, 0.5) is 0 Å². The molecule has 1 nitrogen and oxygen atoms in total. The smallest absolute Gasteiger partial charge is 0.194 e. The van der Waals surface area contributed by atoms with Gasteiger partial charge in [0.15, 0.2) is 5.12 Å². The predicted octanol–water partition coefficient (Wildman–Crippen LogP) is 5.80. The van der Waals surface area contributed by atoms with E-state index in [1.54, 1.807) is 0 Å². The normalized spacial score (nSPS) is 12.0. The highest BCUT2D eigenvalue weighted by atomic mass is 32.2. The lowest BCUT2D eigenvalue weighted by molar-refractivity contribution is -0.117. The highest BCUT2D eigenvalue weighted by Crippen LogP contribution is 2.33. The Morgan fingerprint density at radius 2 is 1.41 bits per heavy atom. The summed E-state index contributed by atoms with van der Waals surface area (Å²) in [4.78, 5) is 12.3. The van der Waals surface area contributed by atoms with Gasteiger partial charge >= 0.3 is 0 Å². The van der Waals surface area contributed by atoms with Crippen LogP contribution in [-0.4, -0.2) is 5.12 Å². The van der Waals surface area contributed by atoms with E-state index < -0.39 is 0 Å². The van der Waals surface area contributed by atoms with Crippen molar-refractivity contribution in [3.8, 4) is 0 Å². The van der Waals surface area contributed by atoms with Crippen LogP contribution in [0, 0.1) is 5.41 Å². The molecule has 0 N–H and O–H groups in total. The van der Waals surface area contributed by atoms with E-state index in [9.17, 15) is 4.79 Å². The number of rotatable bonds is 2. The maximum absolute atomic E-state index is 12.3. The van der Waals surface area contributed by atoms with Crippen molar-refractivity contribution in [2.24, 2.45) is 5.41 Å². The first kappa shape index (κ1) is 15.1.